The third-order valence-electron chi connectivity index (χ3n) is 3.29. The van der Waals surface area contributed by atoms with Crippen molar-refractivity contribution in [2.45, 2.75) is 13.5 Å². The number of carbonyl (C=O) groups excluding carboxylic acids is 1. The number of nitrogens with zero attached hydrogens (tertiary/aromatic N) is 4. The molecular weight excluding hydrogens is 457 g/mol. The van der Waals surface area contributed by atoms with Crippen LogP contribution in [-0.4, -0.2) is 26.1 Å². The molecule has 0 atom stereocenters. The van der Waals surface area contributed by atoms with Crippen LogP contribution in [0.4, 0.5) is 10.1 Å². The van der Waals surface area contributed by atoms with Crippen molar-refractivity contribution in [2.75, 3.05) is 5.32 Å². The molecule has 9 heteroatoms. The predicted molar refractivity (Wildman–Crippen MR) is 98.4 cm³/mol. The lowest BCUT2D eigenvalue weighted by molar-refractivity contribution is -0.117. The van der Waals surface area contributed by atoms with Gasteiger partial charge in [0.1, 0.15) is 12.4 Å². The van der Waals surface area contributed by atoms with Gasteiger partial charge in [0, 0.05) is 14.5 Å². The van der Waals surface area contributed by atoms with Gasteiger partial charge in [-0.25, -0.2) is 4.39 Å². The summed E-state index contributed by atoms with van der Waals surface area (Å²) in [5.41, 5.74) is 2.31. The zero-order valence-corrected chi connectivity index (χ0v) is 16.2. The summed E-state index contributed by atoms with van der Waals surface area (Å²) in [6, 6.07) is 9.54. The van der Waals surface area contributed by atoms with Crippen molar-refractivity contribution < 1.29 is 9.18 Å². The molecular formula is C16H12Br2FN5O. The molecule has 2 aromatic carbocycles. The van der Waals surface area contributed by atoms with E-state index in [9.17, 15) is 9.18 Å². The quantitative estimate of drug-likeness (QED) is 0.629. The van der Waals surface area contributed by atoms with Gasteiger partial charge in [0.25, 0.3) is 0 Å². The highest BCUT2D eigenvalue weighted by molar-refractivity contribution is 9.11. The molecule has 0 aliphatic rings. The molecule has 0 saturated heterocycles. The molecule has 6 nitrogen and oxygen atoms in total. The Labute approximate surface area is 159 Å². The molecule has 3 aromatic rings. The summed E-state index contributed by atoms with van der Waals surface area (Å²) in [7, 11) is 0. The molecule has 0 saturated carbocycles. The first-order valence-electron chi connectivity index (χ1n) is 7.21. The van der Waals surface area contributed by atoms with Crippen LogP contribution in [0.3, 0.4) is 0 Å². The van der Waals surface area contributed by atoms with Crippen molar-refractivity contribution in [3.63, 3.8) is 0 Å². The average molecular weight is 469 g/mol. The second-order valence-corrected chi connectivity index (χ2v) is 7.01. The van der Waals surface area contributed by atoms with Crippen molar-refractivity contribution in [1.82, 2.24) is 20.2 Å². The molecule has 128 valence electrons. The van der Waals surface area contributed by atoms with Crippen LogP contribution in [0.5, 0.6) is 0 Å². The Morgan fingerprint density at radius 1 is 1.20 bits per heavy atom. The van der Waals surface area contributed by atoms with E-state index in [4.69, 9.17) is 0 Å². The maximum atomic E-state index is 13.0. The van der Waals surface area contributed by atoms with Gasteiger partial charge >= 0.3 is 0 Å². The van der Waals surface area contributed by atoms with E-state index in [0.29, 0.717) is 17.1 Å². The minimum Gasteiger partial charge on any atom is -0.322 e. The summed E-state index contributed by atoms with van der Waals surface area (Å²) in [5.74, 6) is -0.316. The first-order chi connectivity index (χ1) is 11.9. The molecule has 1 heterocycles. The van der Waals surface area contributed by atoms with Crippen LogP contribution < -0.4 is 5.32 Å². The smallest absolute Gasteiger partial charge is 0.248 e. The maximum Gasteiger partial charge on any atom is 0.248 e. The first-order valence-corrected chi connectivity index (χ1v) is 8.80. The number of halogens is 3. The molecule has 0 aliphatic carbocycles. The van der Waals surface area contributed by atoms with Crippen LogP contribution >= 0.6 is 31.9 Å². The fourth-order valence-electron chi connectivity index (χ4n) is 2.15. The van der Waals surface area contributed by atoms with Gasteiger partial charge in [-0.15, -0.1) is 10.2 Å². The van der Waals surface area contributed by atoms with Gasteiger partial charge in [-0.2, -0.15) is 4.80 Å². The van der Waals surface area contributed by atoms with Crippen molar-refractivity contribution in [3.8, 4) is 11.4 Å². The summed E-state index contributed by atoms with van der Waals surface area (Å²) >= 11 is 6.85. The molecule has 0 spiro atoms. The zero-order valence-electron chi connectivity index (χ0n) is 13.0. The van der Waals surface area contributed by atoms with Crippen LogP contribution in [0.25, 0.3) is 11.4 Å². The third kappa shape index (κ3) is 4.29. The molecule has 25 heavy (non-hydrogen) atoms. The fraction of sp³-hybridized carbons (Fsp3) is 0.125. The molecule has 0 aliphatic heterocycles. The van der Waals surface area contributed by atoms with Crippen LogP contribution in [0.1, 0.15) is 5.56 Å². The number of amides is 1. The molecule has 1 aromatic heterocycles. The SMILES string of the molecule is Cc1cc(Br)c(NC(=O)Cn2nnc(-c3ccc(F)cc3)n2)c(Br)c1. The number of aromatic nitrogens is 4. The average Bonchev–Trinajstić information content (AvgIpc) is 3.00. The van der Waals surface area contributed by atoms with Crippen LogP contribution in [0.2, 0.25) is 0 Å². The number of tetrazole rings is 1. The molecule has 1 amide bonds. The Bertz CT molecular complexity index is 904. The van der Waals surface area contributed by atoms with Crippen LogP contribution in [0.15, 0.2) is 45.3 Å². The van der Waals surface area contributed by atoms with E-state index in [1.807, 2.05) is 19.1 Å². The van der Waals surface area contributed by atoms with E-state index >= 15 is 0 Å². The summed E-state index contributed by atoms with van der Waals surface area (Å²) in [6.45, 7) is 1.86. The second kappa shape index (κ2) is 7.40. The largest absolute Gasteiger partial charge is 0.322 e. The monoisotopic (exact) mass is 467 g/mol. The summed E-state index contributed by atoms with van der Waals surface area (Å²) < 4.78 is 14.5. The summed E-state index contributed by atoms with van der Waals surface area (Å²) in [6.07, 6.45) is 0. The lowest BCUT2D eigenvalue weighted by Gasteiger charge is -2.10. The highest BCUT2D eigenvalue weighted by Gasteiger charge is 2.13. The van der Waals surface area contributed by atoms with Crippen molar-refractivity contribution in [1.29, 1.82) is 0 Å². The Morgan fingerprint density at radius 2 is 1.84 bits per heavy atom. The molecule has 3 rings (SSSR count). The predicted octanol–water partition coefficient (Wildman–Crippen LogP) is 3.95. The van der Waals surface area contributed by atoms with Gasteiger partial charge in [-0.1, -0.05) is 0 Å². The second-order valence-electron chi connectivity index (χ2n) is 5.30. The summed E-state index contributed by atoms with van der Waals surface area (Å²) in [4.78, 5) is 13.4. The number of carbonyl (C=O) groups is 1. The minimum absolute atomic E-state index is 0.0963. The number of hydrogen-bond donors (Lipinski definition) is 1. The highest BCUT2D eigenvalue weighted by Crippen LogP contribution is 2.32. The lowest BCUT2D eigenvalue weighted by atomic mass is 10.2. The van der Waals surface area contributed by atoms with Gasteiger partial charge in [0.2, 0.25) is 11.7 Å². The van der Waals surface area contributed by atoms with Crippen LogP contribution in [0, 0.1) is 12.7 Å². The van der Waals surface area contributed by atoms with Crippen LogP contribution in [-0.2, 0) is 11.3 Å². The van der Waals surface area contributed by atoms with E-state index in [2.05, 4.69) is 52.6 Å². The maximum absolute atomic E-state index is 13.0. The van der Waals surface area contributed by atoms with E-state index in [1.165, 1.54) is 16.9 Å². The first kappa shape index (κ1) is 17.7. The van der Waals surface area contributed by atoms with Crippen molar-refractivity contribution in [2.24, 2.45) is 0 Å². The number of benzene rings is 2. The normalized spacial score (nSPS) is 10.7. The van der Waals surface area contributed by atoms with Crippen molar-refractivity contribution in [3.05, 3.63) is 56.7 Å². The molecule has 0 radical (unpaired) electrons. The number of nitrogens with one attached hydrogen (secondary N) is 1. The fourth-order valence-corrected chi connectivity index (χ4v) is 3.77. The standard InChI is InChI=1S/C16H12Br2FN5O/c1-9-6-12(17)15(13(18)7-9)20-14(25)8-24-22-16(21-23-24)10-2-4-11(19)5-3-10/h2-7H,8H2,1H3,(H,20,25). The Balaban J connectivity index is 1.71. The Hall–Kier alpha value is -2.13. The zero-order chi connectivity index (χ0) is 18.0. The van der Waals surface area contributed by atoms with Gasteiger partial charge in [0.15, 0.2) is 0 Å². The van der Waals surface area contributed by atoms with Crippen molar-refractivity contribution >= 4 is 43.5 Å². The highest BCUT2D eigenvalue weighted by atomic mass is 79.9. The molecule has 0 unspecified atom stereocenters. The van der Waals surface area contributed by atoms with Gasteiger partial charge in [0.05, 0.1) is 5.69 Å². The Morgan fingerprint density at radius 3 is 2.48 bits per heavy atom. The third-order valence-corrected chi connectivity index (χ3v) is 4.54. The van der Waals surface area contributed by atoms with E-state index in [1.54, 1.807) is 12.1 Å². The lowest BCUT2D eigenvalue weighted by Crippen LogP contribution is -2.21. The number of rotatable bonds is 4. The number of hydrogen-bond acceptors (Lipinski definition) is 4. The minimum atomic E-state index is -0.343. The van der Waals surface area contributed by atoms with Gasteiger partial charge < -0.3 is 5.32 Å². The molecule has 1 N–H and O–H groups in total. The Kier molecular flexibility index (Phi) is 5.24. The van der Waals surface area contributed by atoms with E-state index in [-0.39, 0.29) is 18.3 Å². The topological polar surface area (TPSA) is 72.7 Å². The van der Waals surface area contributed by atoms with Gasteiger partial charge in [-0.05, 0) is 86.0 Å². The number of anilines is 1. The van der Waals surface area contributed by atoms with Gasteiger partial charge in [-0.3, -0.25) is 4.79 Å². The van der Waals surface area contributed by atoms with E-state index < -0.39 is 0 Å². The summed E-state index contributed by atoms with van der Waals surface area (Å²) in [5, 5.41) is 14.7. The van der Waals surface area contributed by atoms with E-state index in [0.717, 1.165) is 14.5 Å². The molecule has 0 fully saturated rings. The molecule has 0 bridgehead atoms. The number of aryl methyl sites for hydroxylation is 1.